The molecule has 0 bridgehead atoms. The summed E-state index contributed by atoms with van der Waals surface area (Å²) in [6, 6.07) is 8.64. The third-order valence-corrected chi connectivity index (χ3v) is 2.71. The molecule has 0 saturated heterocycles. The second kappa shape index (κ2) is 5.84. The summed E-state index contributed by atoms with van der Waals surface area (Å²) >= 11 is 16.5. The lowest BCUT2D eigenvalue weighted by Gasteiger charge is -1.98. The van der Waals surface area contributed by atoms with Crippen LogP contribution >= 0.6 is 42.8 Å². The van der Waals surface area contributed by atoms with E-state index in [2.05, 4.69) is 5.73 Å². The van der Waals surface area contributed by atoms with Gasteiger partial charge in [-0.1, -0.05) is 58.7 Å². The average Bonchev–Trinajstić information content (AvgIpc) is 2.17. The van der Waals surface area contributed by atoms with Gasteiger partial charge in [0.15, 0.2) is 0 Å². The second-order valence-electron chi connectivity index (χ2n) is 2.82. The van der Waals surface area contributed by atoms with E-state index in [1.807, 2.05) is 0 Å². The monoisotopic (exact) mass is 295 g/mol. The molecular formula is C10H7Cl3O2P+. The molecule has 0 radical (unpaired) electrons. The van der Waals surface area contributed by atoms with E-state index < -0.39 is 11.8 Å². The number of hydrogen-bond acceptors (Lipinski definition) is 1. The molecule has 1 aromatic rings. The van der Waals surface area contributed by atoms with Gasteiger partial charge in [-0.2, -0.15) is 4.89 Å². The molecule has 0 aliphatic heterocycles. The van der Waals surface area contributed by atoms with Crippen LogP contribution in [0.1, 0.15) is 5.56 Å². The van der Waals surface area contributed by atoms with Crippen molar-refractivity contribution in [3.05, 3.63) is 47.7 Å². The SMILES string of the molecule is O=[P+](O)C(=C=CC(Cl)(Cl)Cl)c1ccccc1. The first-order valence-electron chi connectivity index (χ1n) is 4.16. The van der Waals surface area contributed by atoms with Crippen LogP contribution in [-0.4, -0.2) is 8.69 Å². The van der Waals surface area contributed by atoms with Crippen LogP contribution in [0.4, 0.5) is 0 Å². The molecule has 84 valence electrons. The number of benzene rings is 1. The molecular weight excluding hydrogens is 289 g/mol. The fourth-order valence-corrected chi connectivity index (χ4v) is 1.70. The van der Waals surface area contributed by atoms with Crippen LogP contribution < -0.4 is 0 Å². The lowest BCUT2D eigenvalue weighted by Crippen LogP contribution is -1.92. The first kappa shape index (κ1) is 13.7. The Kier molecular flexibility index (Phi) is 5.01. The van der Waals surface area contributed by atoms with Gasteiger partial charge in [-0.05, 0) is 16.7 Å². The minimum absolute atomic E-state index is 0.0990. The minimum Gasteiger partial charge on any atom is -0.156 e. The molecule has 2 nitrogen and oxygen atoms in total. The van der Waals surface area contributed by atoms with Crippen LogP contribution in [0.5, 0.6) is 0 Å². The first-order chi connectivity index (χ1) is 7.40. The zero-order valence-corrected chi connectivity index (χ0v) is 11.1. The molecule has 1 N–H and O–H groups in total. The Morgan fingerprint density at radius 3 is 2.31 bits per heavy atom. The molecule has 16 heavy (non-hydrogen) atoms. The quantitative estimate of drug-likeness (QED) is 0.502. The zero-order valence-electron chi connectivity index (χ0n) is 7.90. The second-order valence-corrected chi connectivity index (χ2v) is 6.18. The van der Waals surface area contributed by atoms with E-state index in [0.717, 1.165) is 6.08 Å². The molecule has 1 unspecified atom stereocenters. The van der Waals surface area contributed by atoms with Gasteiger partial charge in [0.1, 0.15) is 0 Å². The van der Waals surface area contributed by atoms with Crippen molar-refractivity contribution >= 4 is 48.1 Å². The summed E-state index contributed by atoms with van der Waals surface area (Å²) in [7, 11) is -2.54. The van der Waals surface area contributed by atoms with Crippen molar-refractivity contribution in [1.29, 1.82) is 0 Å². The van der Waals surface area contributed by atoms with E-state index >= 15 is 0 Å². The van der Waals surface area contributed by atoms with Gasteiger partial charge in [0.05, 0.1) is 0 Å². The Balaban J connectivity index is 3.22. The standard InChI is InChI=1S/C10H6Cl3O2P/c11-10(12,13)7-6-9(16(14)15)8-4-2-1-3-5-8/h1-5,7H/p+1. The van der Waals surface area contributed by atoms with Crippen LogP contribution in [0, 0.1) is 0 Å². The molecule has 0 aromatic heterocycles. The van der Waals surface area contributed by atoms with Gasteiger partial charge >= 0.3 is 8.03 Å². The van der Waals surface area contributed by atoms with Gasteiger partial charge in [0, 0.05) is 11.6 Å². The molecule has 0 fully saturated rings. The number of allylic oxidation sites excluding steroid dienone is 1. The van der Waals surface area contributed by atoms with Crippen LogP contribution in [0.2, 0.25) is 0 Å². The van der Waals surface area contributed by atoms with E-state index in [-0.39, 0.29) is 5.31 Å². The maximum absolute atomic E-state index is 11.1. The highest BCUT2D eigenvalue weighted by Gasteiger charge is 2.23. The van der Waals surface area contributed by atoms with Crippen molar-refractivity contribution < 1.29 is 9.46 Å². The summed E-state index contributed by atoms with van der Waals surface area (Å²) in [6.45, 7) is 0. The largest absolute Gasteiger partial charge is 0.555 e. The molecule has 0 spiro atoms. The van der Waals surface area contributed by atoms with Gasteiger partial charge in [-0.25, -0.2) is 0 Å². The van der Waals surface area contributed by atoms with Crippen molar-refractivity contribution in [1.82, 2.24) is 0 Å². The fraction of sp³-hybridized carbons (Fsp3) is 0.100. The highest BCUT2D eigenvalue weighted by Crippen LogP contribution is 2.36. The predicted molar refractivity (Wildman–Crippen MR) is 68.0 cm³/mol. The molecule has 0 saturated carbocycles. The minimum atomic E-state index is -2.54. The van der Waals surface area contributed by atoms with Gasteiger partial charge in [0.25, 0.3) is 5.31 Å². The van der Waals surface area contributed by atoms with E-state index in [1.165, 1.54) is 0 Å². The molecule has 0 heterocycles. The summed E-state index contributed by atoms with van der Waals surface area (Å²) < 4.78 is 9.48. The van der Waals surface area contributed by atoms with Crippen molar-refractivity contribution in [2.45, 2.75) is 3.79 Å². The normalized spacial score (nSPS) is 11.6. The summed E-state index contributed by atoms with van der Waals surface area (Å²) in [5.74, 6) is 0. The van der Waals surface area contributed by atoms with Crippen molar-refractivity contribution in [2.24, 2.45) is 0 Å². The van der Waals surface area contributed by atoms with Crippen LogP contribution in [0.3, 0.4) is 0 Å². The van der Waals surface area contributed by atoms with Gasteiger partial charge in [-0.3, -0.25) is 0 Å². The Bertz CT molecular complexity index is 445. The third kappa shape index (κ3) is 4.67. The molecule has 1 atom stereocenters. The fourth-order valence-electron chi connectivity index (χ4n) is 0.995. The molecule has 6 heteroatoms. The Morgan fingerprint density at radius 2 is 1.88 bits per heavy atom. The molecule has 0 amide bonds. The van der Waals surface area contributed by atoms with E-state index in [1.54, 1.807) is 30.3 Å². The van der Waals surface area contributed by atoms with Gasteiger partial charge < -0.3 is 0 Å². The van der Waals surface area contributed by atoms with Crippen LogP contribution in [-0.2, 0) is 4.57 Å². The van der Waals surface area contributed by atoms with Gasteiger partial charge in [-0.15, -0.1) is 0 Å². The van der Waals surface area contributed by atoms with Gasteiger partial charge in [0.2, 0.25) is 3.79 Å². The van der Waals surface area contributed by atoms with E-state index in [0.29, 0.717) is 5.56 Å². The zero-order chi connectivity index (χ0) is 12.2. The summed E-state index contributed by atoms with van der Waals surface area (Å²) in [5, 5.41) is 0.0990. The summed E-state index contributed by atoms with van der Waals surface area (Å²) in [6.07, 6.45) is 1.11. The van der Waals surface area contributed by atoms with Crippen molar-refractivity contribution in [2.75, 3.05) is 0 Å². The first-order valence-corrected chi connectivity index (χ1v) is 6.51. The van der Waals surface area contributed by atoms with E-state index in [9.17, 15) is 4.57 Å². The lowest BCUT2D eigenvalue weighted by atomic mass is 10.2. The Morgan fingerprint density at radius 1 is 1.31 bits per heavy atom. The average molecular weight is 296 g/mol. The third-order valence-electron chi connectivity index (χ3n) is 1.61. The Labute approximate surface area is 109 Å². The highest BCUT2D eigenvalue weighted by atomic mass is 35.6. The smallest absolute Gasteiger partial charge is 0.156 e. The molecule has 1 aromatic carbocycles. The topological polar surface area (TPSA) is 37.3 Å². The maximum Gasteiger partial charge on any atom is 0.555 e. The molecule has 0 aliphatic rings. The maximum atomic E-state index is 11.1. The Hall–Kier alpha value is -0.330. The van der Waals surface area contributed by atoms with Crippen molar-refractivity contribution in [3.8, 4) is 0 Å². The lowest BCUT2D eigenvalue weighted by molar-refractivity contribution is 0.514. The highest BCUT2D eigenvalue weighted by molar-refractivity contribution is 7.50. The van der Waals surface area contributed by atoms with E-state index in [4.69, 9.17) is 39.7 Å². The molecule has 0 aliphatic carbocycles. The van der Waals surface area contributed by atoms with Crippen LogP contribution in [0.15, 0.2) is 42.1 Å². The molecule has 1 rings (SSSR count). The predicted octanol–water partition coefficient (Wildman–Crippen LogP) is 4.29. The van der Waals surface area contributed by atoms with Crippen LogP contribution in [0.25, 0.3) is 5.31 Å². The van der Waals surface area contributed by atoms with Crippen molar-refractivity contribution in [3.63, 3.8) is 0 Å². The number of hydrogen-bond donors (Lipinski definition) is 1. The summed E-state index contributed by atoms with van der Waals surface area (Å²) in [4.78, 5) is 9.12. The summed E-state index contributed by atoms with van der Waals surface area (Å²) in [5.41, 5.74) is 3.10. The number of alkyl halides is 3. The number of halogens is 3. The number of rotatable bonds is 2.